The standard InChI is InChI=1S/C10H17NO2/c12-10-2-1-9(11-10)7-8-3-5-13-6-4-8/h8-9H,1-7H2,(H,11,12). The zero-order valence-electron chi connectivity index (χ0n) is 7.92. The maximum atomic E-state index is 11.0. The first-order chi connectivity index (χ1) is 6.34. The smallest absolute Gasteiger partial charge is 0.220 e. The summed E-state index contributed by atoms with van der Waals surface area (Å²) in [5.41, 5.74) is 0. The first kappa shape index (κ1) is 9.00. The molecule has 2 saturated heterocycles. The Bertz CT molecular complexity index is 187. The first-order valence-electron chi connectivity index (χ1n) is 5.21. The maximum absolute atomic E-state index is 11.0. The molecule has 0 aromatic rings. The lowest BCUT2D eigenvalue weighted by Crippen LogP contribution is -2.29. The Hall–Kier alpha value is -0.570. The van der Waals surface area contributed by atoms with E-state index in [0.29, 0.717) is 6.04 Å². The molecule has 0 bridgehead atoms. The summed E-state index contributed by atoms with van der Waals surface area (Å²) in [7, 11) is 0. The molecule has 0 aromatic carbocycles. The number of nitrogens with one attached hydrogen (secondary N) is 1. The van der Waals surface area contributed by atoms with Crippen molar-refractivity contribution in [2.24, 2.45) is 5.92 Å². The number of hydrogen-bond acceptors (Lipinski definition) is 2. The predicted octanol–water partition coefficient (Wildman–Crippen LogP) is 1.08. The van der Waals surface area contributed by atoms with E-state index in [2.05, 4.69) is 5.32 Å². The van der Waals surface area contributed by atoms with E-state index < -0.39 is 0 Å². The van der Waals surface area contributed by atoms with Crippen LogP contribution in [-0.4, -0.2) is 25.2 Å². The van der Waals surface area contributed by atoms with Crippen LogP contribution in [0.25, 0.3) is 0 Å². The zero-order valence-corrected chi connectivity index (χ0v) is 7.92. The molecule has 74 valence electrons. The average Bonchev–Trinajstić information content (AvgIpc) is 2.53. The van der Waals surface area contributed by atoms with Gasteiger partial charge in [0.2, 0.25) is 5.91 Å². The van der Waals surface area contributed by atoms with E-state index in [0.717, 1.165) is 38.4 Å². The lowest BCUT2D eigenvalue weighted by molar-refractivity contribution is -0.119. The van der Waals surface area contributed by atoms with E-state index in [1.807, 2.05) is 0 Å². The van der Waals surface area contributed by atoms with E-state index in [1.165, 1.54) is 12.8 Å². The summed E-state index contributed by atoms with van der Waals surface area (Å²) in [5, 5.41) is 3.02. The van der Waals surface area contributed by atoms with Crippen molar-refractivity contribution in [3.8, 4) is 0 Å². The Balaban J connectivity index is 1.73. The van der Waals surface area contributed by atoms with Gasteiger partial charge in [-0.15, -0.1) is 0 Å². The molecule has 3 nitrogen and oxygen atoms in total. The Labute approximate surface area is 78.8 Å². The average molecular weight is 183 g/mol. The summed E-state index contributed by atoms with van der Waals surface area (Å²) in [4.78, 5) is 11.0. The Kier molecular flexibility index (Phi) is 2.83. The third-order valence-electron chi connectivity index (χ3n) is 3.04. The Morgan fingerprint density at radius 3 is 2.69 bits per heavy atom. The lowest BCUT2D eigenvalue weighted by atomic mass is 9.92. The minimum atomic E-state index is 0.233. The highest BCUT2D eigenvalue weighted by Crippen LogP contribution is 2.23. The van der Waals surface area contributed by atoms with Crippen molar-refractivity contribution < 1.29 is 9.53 Å². The summed E-state index contributed by atoms with van der Waals surface area (Å²) in [6, 6.07) is 0.454. The minimum Gasteiger partial charge on any atom is -0.381 e. The molecule has 1 atom stereocenters. The van der Waals surface area contributed by atoms with Crippen LogP contribution in [0.15, 0.2) is 0 Å². The van der Waals surface area contributed by atoms with Gasteiger partial charge in [0.25, 0.3) is 0 Å². The van der Waals surface area contributed by atoms with E-state index in [4.69, 9.17) is 4.74 Å². The molecule has 2 rings (SSSR count). The molecular formula is C10H17NO2. The normalized spacial score (nSPS) is 30.5. The molecule has 2 fully saturated rings. The second-order valence-corrected chi connectivity index (χ2v) is 4.09. The molecule has 3 heteroatoms. The zero-order chi connectivity index (χ0) is 9.10. The van der Waals surface area contributed by atoms with Crippen molar-refractivity contribution in [1.82, 2.24) is 5.32 Å². The number of amides is 1. The molecule has 0 spiro atoms. The van der Waals surface area contributed by atoms with E-state index in [-0.39, 0.29) is 5.91 Å². The fourth-order valence-corrected chi connectivity index (χ4v) is 2.24. The molecule has 1 unspecified atom stereocenters. The summed E-state index contributed by atoms with van der Waals surface area (Å²) in [6.45, 7) is 1.82. The van der Waals surface area contributed by atoms with E-state index in [1.54, 1.807) is 0 Å². The van der Waals surface area contributed by atoms with Crippen molar-refractivity contribution >= 4 is 5.91 Å². The van der Waals surface area contributed by atoms with Gasteiger partial charge in [-0.1, -0.05) is 0 Å². The summed E-state index contributed by atoms with van der Waals surface area (Å²) in [6.07, 6.45) is 5.28. The molecular weight excluding hydrogens is 166 g/mol. The van der Waals surface area contributed by atoms with Gasteiger partial charge in [0.15, 0.2) is 0 Å². The number of carbonyl (C=O) groups excluding carboxylic acids is 1. The van der Waals surface area contributed by atoms with Crippen molar-refractivity contribution in [2.45, 2.75) is 38.1 Å². The second-order valence-electron chi connectivity index (χ2n) is 4.09. The summed E-state index contributed by atoms with van der Waals surface area (Å²) < 4.78 is 5.30. The topological polar surface area (TPSA) is 38.3 Å². The van der Waals surface area contributed by atoms with Crippen LogP contribution in [0.1, 0.15) is 32.1 Å². The van der Waals surface area contributed by atoms with Crippen LogP contribution in [0.4, 0.5) is 0 Å². The number of carbonyl (C=O) groups is 1. The van der Waals surface area contributed by atoms with Gasteiger partial charge in [-0.05, 0) is 31.6 Å². The van der Waals surface area contributed by atoms with Gasteiger partial charge in [-0.25, -0.2) is 0 Å². The van der Waals surface area contributed by atoms with E-state index >= 15 is 0 Å². The lowest BCUT2D eigenvalue weighted by Gasteiger charge is -2.24. The molecule has 1 amide bonds. The fourth-order valence-electron chi connectivity index (χ4n) is 2.24. The molecule has 0 aliphatic carbocycles. The Morgan fingerprint density at radius 2 is 2.08 bits per heavy atom. The van der Waals surface area contributed by atoms with Crippen LogP contribution in [0, 0.1) is 5.92 Å². The maximum Gasteiger partial charge on any atom is 0.220 e. The SMILES string of the molecule is O=C1CCC(CC2CCOCC2)N1. The molecule has 2 aliphatic rings. The molecule has 0 saturated carbocycles. The second kappa shape index (κ2) is 4.09. The van der Waals surface area contributed by atoms with Crippen molar-refractivity contribution in [2.75, 3.05) is 13.2 Å². The third kappa shape index (κ3) is 2.44. The van der Waals surface area contributed by atoms with E-state index in [9.17, 15) is 4.79 Å². The van der Waals surface area contributed by atoms with Crippen LogP contribution in [-0.2, 0) is 9.53 Å². The third-order valence-corrected chi connectivity index (χ3v) is 3.04. The number of rotatable bonds is 2. The van der Waals surface area contributed by atoms with Crippen LogP contribution >= 0.6 is 0 Å². The molecule has 2 aliphatic heterocycles. The molecule has 2 heterocycles. The van der Waals surface area contributed by atoms with Gasteiger partial charge >= 0.3 is 0 Å². The van der Waals surface area contributed by atoms with Crippen LogP contribution in [0.5, 0.6) is 0 Å². The first-order valence-corrected chi connectivity index (χ1v) is 5.21. The fraction of sp³-hybridized carbons (Fsp3) is 0.900. The predicted molar refractivity (Wildman–Crippen MR) is 49.3 cm³/mol. The highest BCUT2D eigenvalue weighted by molar-refractivity contribution is 5.78. The van der Waals surface area contributed by atoms with Gasteiger partial charge in [-0.3, -0.25) is 4.79 Å². The number of ether oxygens (including phenoxy) is 1. The monoisotopic (exact) mass is 183 g/mol. The molecule has 0 radical (unpaired) electrons. The van der Waals surface area contributed by atoms with Crippen LogP contribution < -0.4 is 5.32 Å². The van der Waals surface area contributed by atoms with Gasteiger partial charge < -0.3 is 10.1 Å². The summed E-state index contributed by atoms with van der Waals surface area (Å²) >= 11 is 0. The quantitative estimate of drug-likeness (QED) is 0.695. The van der Waals surface area contributed by atoms with Crippen LogP contribution in [0.2, 0.25) is 0 Å². The van der Waals surface area contributed by atoms with Gasteiger partial charge in [0.05, 0.1) is 0 Å². The molecule has 1 N–H and O–H groups in total. The van der Waals surface area contributed by atoms with Crippen molar-refractivity contribution in [3.63, 3.8) is 0 Å². The summed E-state index contributed by atoms with van der Waals surface area (Å²) in [5.74, 6) is 1.01. The molecule has 0 aromatic heterocycles. The largest absolute Gasteiger partial charge is 0.381 e. The van der Waals surface area contributed by atoms with Crippen molar-refractivity contribution in [1.29, 1.82) is 0 Å². The minimum absolute atomic E-state index is 0.233. The Morgan fingerprint density at radius 1 is 1.31 bits per heavy atom. The van der Waals surface area contributed by atoms with Crippen molar-refractivity contribution in [3.05, 3.63) is 0 Å². The van der Waals surface area contributed by atoms with Crippen LogP contribution in [0.3, 0.4) is 0 Å². The van der Waals surface area contributed by atoms with Gasteiger partial charge in [0.1, 0.15) is 0 Å². The van der Waals surface area contributed by atoms with Gasteiger partial charge in [-0.2, -0.15) is 0 Å². The molecule has 13 heavy (non-hydrogen) atoms. The highest BCUT2D eigenvalue weighted by Gasteiger charge is 2.24. The van der Waals surface area contributed by atoms with Gasteiger partial charge in [0, 0.05) is 25.7 Å². The number of hydrogen-bond donors (Lipinski definition) is 1. The highest BCUT2D eigenvalue weighted by atomic mass is 16.5.